The average molecular weight is 496 g/mol. The van der Waals surface area contributed by atoms with E-state index in [0.717, 1.165) is 31.1 Å². The highest BCUT2D eigenvalue weighted by Crippen LogP contribution is 2.37. The van der Waals surface area contributed by atoms with E-state index in [-0.39, 0.29) is 28.7 Å². The summed E-state index contributed by atoms with van der Waals surface area (Å²) in [6.45, 7) is 4.64. The number of piperazine rings is 1. The molecule has 1 aromatic carbocycles. The zero-order valence-corrected chi connectivity index (χ0v) is 19.7. The topological polar surface area (TPSA) is 83.5 Å². The minimum Gasteiger partial charge on any atom is -0.433 e. The van der Waals surface area contributed by atoms with Crippen molar-refractivity contribution < 1.29 is 22.7 Å². The first-order valence-electron chi connectivity index (χ1n) is 11.4. The lowest BCUT2D eigenvalue weighted by Gasteiger charge is -2.32. The molecule has 2 aliphatic rings. The van der Waals surface area contributed by atoms with Crippen molar-refractivity contribution in [2.45, 2.75) is 13.3 Å². The van der Waals surface area contributed by atoms with Crippen LogP contribution in [0.1, 0.15) is 28.4 Å². The van der Waals surface area contributed by atoms with Gasteiger partial charge in [0.1, 0.15) is 18.0 Å². The molecule has 1 saturated heterocycles. The predicted octanol–water partition coefficient (Wildman–Crippen LogP) is 4.17. The first-order valence-corrected chi connectivity index (χ1v) is 11.4. The molecule has 1 amide bonds. The van der Waals surface area contributed by atoms with Crippen LogP contribution in [0.15, 0.2) is 36.3 Å². The molecule has 8 nitrogen and oxygen atoms in total. The molecule has 1 aliphatic carbocycles. The van der Waals surface area contributed by atoms with Crippen LogP contribution in [0.25, 0.3) is 6.08 Å². The van der Waals surface area contributed by atoms with Crippen LogP contribution < -0.4 is 10.1 Å². The number of carbonyl (C=O) groups is 1. The molecule has 3 aromatic rings. The van der Waals surface area contributed by atoms with Gasteiger partial charge in [-0.3, -0.25) is 4.79 Å². The first kappa shape index (κ1) is 23.7. The van der Waals surface area contributed by atoms with E-state index in [1.54, 1.807) is 17.9 Å². The van der Waals surface area contributed by atoms with Crippen molar-refractivity contribution in [3.63, 3.8) is 0 Å². The molecule has 5 rings (SSSR count). The number of nitrogens with zero attached hydrogens (tertiary/aromatic N) is 5. The summed E-state index contributed by atoms with van der Waals surface area (Å²) in [5, 5.41) is 2.70. The molecule has 0 spiro atoms. The number of aromatic nitrogens is 3. The van der Waals surface area contributed by atoms with Crippen molar-refractivity contribution in [2.24, 2.45) is 0 Å². The fraction of sp³-hybridized carbons (Fsp3) is 0.280. The molecule has 11 heteroatoms. The number of anilines is 2. The standard InChI is InChI=1S/C25H23F3N6O2/c1-14-9-16-17(10-14)21(27)19(11-18(16)26)36-24-22(28)23(30-13-31-24)32-20-4-3-15(12-29-20)25(35)34-7-5-33(2)6-8-34/h3-4,10-13H,5-9H2,1-2H3,(H,29,30,31,32). The van der Waals surface area contributed by atoms with E-state index in [1.807, 2.05) is 7.05 Å². The quantitative estimate of drug-likeness (QED) is 0.568. The molecule has 186 valence electrons. The summed E-state index contributed by atoms with van der Waals surface area (Å²) in [6, 6.07) is 3.99. The minimum absolute atomic E-state index is 0.0886. The van der Waals surface area contributed by atoms with Gasteiger partial charge in [0.25, 0.3) is 11.8 Å². The van der Waals surface area contributed by atoms with Gasteiger partial charge in [-0.05, 0) is 32.5 Å². The third kappa shape index (κ3) is 4.61. The number of pyridine rings is 1. The van der Waals surface area contributed by atoms with E-state index in [2.05, 4.69) is 25.2 Å². The lowest BCUT2D eigenvalue weighted by atomic mass is 10.1. The highest BCUT2D eigenvalue weighted by molar-refractivity contribution is 5.94. The first-order chi connectivity index (χ1) is 17.3. The molecule has 0 radical (unpaired) electrons. The molecular formula is C25H23F3N6O2. The van der Waals surface area contributed by atoms with Crippen LogP contribution in [0.4, 0.5) is 24.8 Å². The number of ether oxygens (including phenoxy) is 1. The smallest absolute Gasteiger partial charge is 0.261 e. The van der Waals surface area contributed by atoms with Crippen LogP contribution in [0.3, 0.4) is 0 Å². The Kier molecular flexibility index (Phi) is 6.31. The normalized spacial score (nSPS) is 15.5. The Morgan fingerprint density at radius 1 is 1.06 bits per heavy atom. The maximum Gasteiger partial charge on any atom is 0.261 e. The summed E-state index contributed by atoms with van der Waals surface area (Å²) in [5.74, 6) is -3.68. The van der Waals surface area contributed by atoms with Crippen molar-refractivity contribution in [1.82, 2.24) is 24.8 Å². The van der Waals surface area contributed by atoms with Crippen molar-refractivity contribution in [3.8, 4) is 11.6 Å². The number of amides is 1. The second-order valence-corrected chi connectivity index (χ2v) is 8.83. The van der Waals surface area contributed by atoms with Crippen molar-refractivity contribution >= 4 is 23.6 Å². The molecule has 0 unspecified atom stereocenters. The lowest BCUT2D eigenvalue weighted by molar-refractivity contribution is 0.0663. The molecule has 0 bridgehead atoms. The predicted molar refractivity (Wildman–Crippen MR) is 127 cm³/mol. The second-order valence-electron chi connectivity index (χ2n) is 8.83. The highest BCUT2D eigenvalue weighted by atomic mass is 19.1. The Morgan fingerprint density at radius 3 is 2.56 bits per heavy atom. The molecule has 0 atom stereocenters. The van der Waals surface area contributed by atoms with Gasteiger partial charge < -0.3 is 19.9 Å². The van der Waals surface area contributed by atoms with E-state index in [1.165, 1.54) is 18.3 Å². The number of allylic oxidation sites excluding steroid dienone is 1. The van der Waals surface area contributed by atoms with Gasteiger partial charge in [0, 0.05) is 49.6 Å². The number of hydrogen-bond acceptors (Lipinski definition) is 7. The minimum atomic E-state index is -1.01. The lowest BCUT2D eigenvalue weighted by Crippen LogP contribution is -2.47. The van der Waals surface area contributed by atoms with Gasteiger partial charge in [-0.25, -0.2) is 18.7 Å². The number of halogens is 3. The Balaban J connectivity index is 1.32. The largest absolute Gasteiger partial charge is 0.433 e. The SMILES string of the molecule is CC1=Cc2c(F)c(Oc3ncnc(Nc4ccc(C(=O)N5CCN(C)CC5)cn4)c3F)cc(F)c2C1. The maximum absolute atomic E-state index is 15.1. The summed E-state index contributed by atoms with van der Waals surface area (Å²) in [6.07, 6.45) is 4.27. The van der Waals surface area contributed by atoms with Gasteiger partial charge in [0.15, 0.2) is 17.4 Å². The molecule has 1 aliphatic heterocycles. The fourth-order valence-electron chi connectivity index (χ4n) is 4.16. The molecule has 2 aromatic heterocycles. The number of rotatable bonds is 5. The summed E-state index contributed by atoms with van der Waals surface area (Å²) in [7, 11) is 2.01. The van der Waals surface area contributed by atoms with Gasteiger partial charge in [-0.15, -0.1) is 0 Å². The van der Waals surface area contributed by atoms with Crippen molar-refractivity contribution in [2.75, 3.05) is 38.5 Å². The summed E-state index contributed by atoms with van der Waals surface area (Å²) < 4.78 is 49.7. The zero-order chi connectivity index (χ0) is 25.4. The number of nitrogens with one attached hydrogen (secondary N) is 1. The molecule has 1 fully saturated rings. The fourth-order valence-corrected chi connectivity index (χ4v) is 4.16. The Bertz CT molecular complexity index is 1350. The second kappa shape index (κ2) is 9.57. The zero-order valence-electron chi connectivity index (χ0n) is 19.7. The molecule has 36 heavy (non-hydrogen) atoms. The monoisotopic (exact) mass is 496 g/mol. The summed E-state index contributed by atoms with van der Waals surface area (Å²) >= 11 is 0. The van der Waals surface area contributed by atoms with Gasteiger partial charge >= 0.3 is 0 Å². The van der Waals surface area contributed by atoms with Gasteiger partial charge in [-0.1, -0.05) is 11.6 Å². The van der Waals surface area contributed by atoms with Crippen LogP contribution in [0, 0.1) is 17.5 Å². The average Bonchev–Trinajstić information content (AvgIpc) is 3.28. The van der Waals surface area contributed by atoms with Crippen LogP contribution in [-0.2, 0) is 6.42 Å². The maximum atomic E-state index is 15.1. The molecule has 0 saturated carbocycles. The third-order valence-corrected chi connectivity index (χ3v) is 6.18. The van der Waals surface area contributed by atoms with E-state index in [4.69, 9.17) is 4.74 Å². The van der Waals surface area contributed by atoms with Crippen LogP contribution >= 0.6 is 0 Å². The van der Waals surface area contributed by atoms with Crippen LogP contribution in [0.5, 0.6) is 11.6 Å². The van der Waals surface area contributed by atoms with Crippen molar-refractivity contribution in [1.29, 1.82) is 0 Å². The highest BCUT2D eigenvalue weighted by Gasteiger charge is 2.25. The Labute approximate surface area is 205 Å². The Morgan fingerprint density at radius 2 is 1.83 bits per heavy atom. The van der Waals surface area contributed by atoms with E-state index < -0.39 is 29.1 Å². The Hall–Kier alpha value is -3.99. The van der Waals surface area contributed by atoms with Crippen molar-refractivity contribution in [3.05, 3.63) is 70.4 Å². The number of carbonyl (C=O) groups excluding carboxylic acids is 1. The number of likely N-dealkylation sites (N-methyl/N-ethyl adjacent to an activating group) is 1. The molecule has 3 heterocycles. The van der Waals surface area contributed by atoms with Gasteiger partial charge in [0.05, 0.1) is 5.56 Å². The number of hydrogen-bond donors (Lipinski definition) is 1. The van der Waals surface area contributed by atoms with E-state index in [0.29, 0.717) is 25.1 Å². The summed E-state index contributed by atoms with van der Waals surface area (Å²) in [4.78, 5) is 28.3. The number of fused-ring (bicyclic) bond motifs is 1. The molecule has 1 N–H and O–H groups in total. The third-order valence-electron chi connectivity index (χ3n) is 6.18. The van der Waals surface area contributed by atoms with Crippen LogP contribution in [-0.4, -0.2) is 63.9 Å². The molecular weight excluding hydrogens is 473 g/mol. The van der Waals surface area contributed by atoms with Gasteiger partial charge in [0.2, 0.25) is 5.82 Å². The van der Waals surface area contributed by atoms with Crippen LogP contribution in [0.2, 0.25) is 0 Å². The van der Waals surface area contributed by atoms with E-state index >= 15 is 4.39 Å². The van der Waals surface area contributed by atoms with Gasteiger partial charge in [-0.2, -0.15) is 9.37 Å². The summed E-state index contributed by atoms with van der Waals surface area (Å²) in [5.41, 5.74) is 1.55. The van der Waals surface area contributed by atoms with E-state index in [9.17, 15) is 13.6 Å². The number of benzene rings is 1.